The second kappa shape index (κ2) is 18.0. The Morgan fingerprint density at radius 3 is 2.45 bits per heavy atom. The summed E-state index contributed by atoms with van der Waals surface area (Å²) in [4.78, 5) is 18.9. The minimum atomic E-state index is -3.45. The van der Waals surface area contributed by atoms with Crippen molar-refractivity contribution in [1.82, 2.24) is 9.88 Å². The summed E-state index contributed by atoms with van der Waals surface area (Å²) >= 11 is 6.76. The predicted octanol–water partition coefficient (Wildman–Crippen LogP) is 4.19. The van der Waals surface area contributed by atoms with Gasteiger partial charge in [-0.15, -0.1) is 0 Å². The number of benzene rings is 2. The maximum atomic E-state index is 13.2. The lowest BCUT2D eigenvalue weighted by Gasteiger charge is -2.30. The zero-order chi connectivity index (χ0) is 38.3. The number of aromatic nitrogens is 1. The van der Waals surface area contributed by atoms with E-state index in [1.54, 1.807) is 0 Å². The number of sulfone groups is 1. The number of ether oxygens (including phenoxy) is 1. The molecule has 0 bridgehead atoms. The molecule has 1 amide bonds. The molecular weight excluding hydrogens is 720 g/mol. The number of aliphatic hydroxyl groups excluding tert-OH is 5. The quantitative estimate of drug-likeness (QED) is 0.106. The van der Waals surface area contributed by atoms with E-state index in [9.17, 15) is 33.6 Å². The Balaban J connectivity index is 1.24. The van der Waals surface area contributed by atoms with Crippen LogP contribution in [0.5, 0.6) is 5.75 Å². The fourth-order valence-electron chi connectivity index (χ4n) is 6.82. The summed E-state index contributed by atoms with van der Waals surface area (Å²) in [5.41, 5.74) is 5.59. The van der Waals surface area contributed by atoms with E-state index in [1.807, 2.05) is 42.7 Å². The number of carbonyl (C=O) groups excluding carboxylic acids is 1. The van der Waals surface area contributed by atoms with Crippen molar-refractivity contribution in [1.29, 1.82) is 0 Å². The van der Waals surface area contributed by atoms with Crippen molar-refractivity contribution in [2.45, 2.75) is 107 Å². The summed E-state index contributed by atoms with van der Waals surface area (Å²) < 4.78 is 30.8. The largest absolute Gasteiger partial charge is 0.490 e. The number of aryl methyl sites for hydroxylation is 1. The average molecular weight is 773 g/mol. The number of nitrogens with zero attached hydrogens (tertiary/aromatic N) is 2. The molecule has 2 aliphatic carbocycles. The maximum absolute atomic E-state index is 13.2. The third-order valence-electron chi connectivity index (χ3n) is 10.7. The molecule has 0 radical (unpaired) electrons. The van der Waals surface area contributed by atoms with E-state index in [4.69, 9.17) is 21.4 Å². The molecule has 5 atom stereocenters. The maximum Gasteiger partial charge on any atom is 0.254 e. The summed E-state index contributed by atoms with van der Waals surface area (Å²) in [5, 5.41) is 50.4. The lowest BCUT2D eigenvalue weighted by atomic mass is 9.84. The summed E-state index contributed by atoms with van der Waals surface area (Å²) in [6.45, 7) is 2.56. The van der Waals surface area contributed by atoms with Crippen LogP contribution in [0.15, 0.2) is 60.9 Å². The van der Waals surface area contributed by atoms with Crippen LogP contribution in [0.25, 0.3) is 11.1 Å². The fraction of sp³-hybridized carbons (Fsp3) is 0.550. The van der Waals surface area contributed by atoms with E-state index in [-0.39, 0.29) is 35.9 Å². The molecule has 5 N–H and O–H groups in total. The van der Waals surface area contributed by atoms with Gasteiger partial charge in [0.05, 0.1) is 18.5 Å². The van der Waals surface area contributed by atoms with Gasteiger partial charge in [0.1, 0.15) is 24.1 Å². The molecule has 53 heavy (non-hydrogen) atoms. The summed E-state index contributed by atoms with van der Waals surface area (Å²) in [6.07, 6.45) is 3.23. The molecule has 1 heterocycles. The Labute approximate surface area is 317 Å². The van der Waals surface area contributed by atoms with Gasteiger partial charge in [0, 0.05) is 41.8 Å². The minimum Gasteiger partial charge on any atom is -0.490 e. The first-order valence-electron chi connectivity index (χ1n) is 18.6. The SMILES string of the molecule is CCS(=O)(=O)CCN(CCCC(C)c1ccc(Cl)c(CCC2(c3cnccc3-c3ccccc3OC3CC3)CC2)c1)C(=O)[C@@H](O)[C@@H](O)[C@H](O)[C@@H](O)CO. The molecule has 5 rings (SSSR count). The van der Waals surface area contributed by atoms with Gasteiger partial charge in [0.25, 0.3) is 5.91 Å². The molecule has 2 aliphatic rings. The third-order valence-corrected chi connectivity index (χ3v) is 12.8. The van der Waals surface area contributed by atoms with Crippen LogP contribution in [-0.4, -0.2) is 111 Å². The normalized spacial score (nSPS) is 18.1. The molecule has 2 fully saturated rings. The zero-order valence-electron chi connectivity index (χ0n) is 30.5. The Morgan fingerprint density at radius 1 is 1.04 bits per heavy atom. The van der Waals surface area contributed by atoms with Gasteiger partial charge < -0.3 is 35.2 Å². The van der Waals surface area contributed by atoms with Gasteiger partial charge >= 0.3 is 0 Å². The van der Waals surface area contributed by atoms with E-state index < -0.39 is 46.8 Å². The van der Waals surface area contributed by atoms with E-state index in [0.717, 1.165) is 71.4 Å². The molecule has 13 heteroatoms. The first-order valence-corrected chi connectivity index (χ1v) is 20.8. The van der Waals surface area contributed by atoms with Crippen molar-refractivity contribution in [3.63, 3.8) is 0 Å². The molecule has 3 aromatic rings. The van der Waals surface area contributed by atoms with Crippen LogP contribution in [0, 0.1) is 0 Å². The van der Waals surface area contributed by atoms with Crippen LogP contribution in [0.3, 0.4) is 0 Å². The standard InChI is InChI=1S/C40H53ClN2O9S/c1-3-53(50,51)22-21-43(39(49)38(48)37(47)36(46)34(45)25-44)20-6-7-26(2)27-10-13-33(41)28(23-27)14-16-40(17-18-40)32-24-42-19-15-30(32)31-8-4-5-9-35(31)52-29-11-12-29/h4-5,8-10,13,15,19,23-24,26,29,34,36-38,44-48H,3,6-7,11-12,14,16-18,20-22,25H2,1-2H3/t26?,34-,36+,37-,38-/m0/s1. The van der Waals surface area contributed by atoms with Crippen LogP contribution in [-0.2, 0) is 26.5 Å². The summed E-state index contributed by atoms with van der Waals surface area (Å²) in [7, 11) is -3.45. The number of hydrogen-bond donors (Lipinski definition) is 5. The number of rotatable bonds is 21. The first-order chi connectivity index (χ1) is 25.3. The van der Waals surface area contributed by atoms with E-state index in [1.165, 1.54) is 12.5 Å². The van der Waals surface area contributed by atoms with Crippen molar-refractivity contribution in [3.05, 3.63) is 82.6 Å². The zero-order valence-corrected chi connectivity index (χ0v) is 32.1. The Kier molecular flexibility index (Phi) is 14.0. The number of para-hydroxylation sites is 1. The fourth-order valence-corrected chi connectivity index (χ4v) is 7.82. The number of pyridine rings is 1. The average Bonchev–Trinajstić information content (AvgIpc) is 4.12. The van der Waals surface area contributed by atoms with Crippen molar-refractivity contribution in [3.8, 4) is 16.9 Å². The van der Waals surface area contributed by atoms with Crippen LogP contribution in [0.2, 0.25) is 5.02 Å². The van der Waals surface area contributed by atoms with Gasteiger partial charge in [0.2, 0.25) is 0 Å². The van der Waals surface area contributed by atoms with Gasteiger partial charge in [-0.25, -0.2) is 8.42 Å². The molecule has 11 nitrogen and oxygen atoms in total. The van der Waals surface area contributed by atoms with Crippen molar-refractivity contribution in [2.24, 2.45) is 0 Å². The van der Waals surface area contributed by atoms with Crippen LogP contribution >= 0.6 is 11.6 Å². The minimum absolute atomic E-state index is 0.00709. The highest BCUT2D eigenvalue weighted by Crippen LogP contribution is 2.55. The highest BCUT2D eigenvalue weighted by Gasteiger charge is 2.45. The molecule has 0 aliphatic heterocycles. The Hall–Kier alpha value is -3.10. The molecule has 2 aromatic carbocycles. The number of aliphatic hydroxyl groups is 5. The number of hydrogen-bond acceptors (Lipinski definition) is 10. The Morgan fingerprint density at radius 2 is 1.77 bits per heavy atom. The first kappa shape index (κ1) is 41.1. The van der Waals surface area contributed by atoms with Gasteiger partial charge in [-0.05, 0) is 103 Å². The van der Waals surface area contributed by atoms with Crippen molar-refractivity contribution < 1.29 is 43.5 Å². The number of carbonyl (C=O) groups is 1. The molecule has 0 saturated heterocycles. The lowest BCUT2D eigenvalue weighted by Crippen LogP contribution is -2.53. The van der Waals surface area contributed by atoms with Gasteiger partial charge in [-0.1, -0.05) is 55.8 Å². The van der Waals surface area contributed by atoms with Crippen LogP contribution < -0.4 is 4.74 Å². The number of halogens is 1. The van der Waals surface area contributed by atoms with Gasteiger partial charge in [-0.2, -0.15) is 0 Å². The molecule has 1 aromatic heterocycles. The van der Waals surface area contributed by atoms with Crippen LogP contribution in [0.1, 0.15) is 81.4 Å². The molecule has 290 valence electrons. The highest BCUT2D eigenvalue weighted by atomic mass is 35.5. The van der Waals surface area contributed by atoms with Gasteiger partial charge in [-0.3, -0.25) is 9.78 Å². The topological polar surface area (TPSA) is 178 Å². The van der Waals surface area contributed by atoms with E-state index in [0.29, 0.717) is 24.0 Å². The van der Waals surface area contributed by atoms with Gasteiger partial charge in [0.15, 0.2) is 15.9 Å². The smallest absolute Gasteiger partial charge is 0.254 e. The third kappa shape index (κ3) is 10.6. The summed E-state index contributed by atoms with van der Waals surface area (Å²) in [5.74, 6) is -0.461. The Bertz CT molecular complexity index is 1800. The van der Waals surface area contributed by atoms with Crippen molar-refractivity contribution in [2.75, 3.05) is 31.2 Å². The second-order valence-electron chi connectivity index (χ2n) is 14.6. The van der Waals surface area contributed by atoms with E-state index in [2.05, 4.69) is 30.1 Å². The lowest BCUT2D eigenvalue weighted by molar-refractivity contribution is -0.158. The van der Waals surface area contributed by atoms with E-state index >= 15 is 0 Å². The summed E-state index contributed by atoms with van der Waals surface area (Å²) in [6, 6.07) is 16.4. The molecular formula is C40H53ClN2O9S. The molecule has 1 unspecified atom stereocenters. The number of amides is 1. The van der Waals surface area contributed by atoms with Crippen molar-refractivity contribution >= 4 is 27.3 Å². The predicted molar refractivity (Wildman–Crippen MR) is 204 cm³/mol. The highest BCUT2D eigenvalue weighted by molar-refractivity contribution is 7.91. The monoisotopic (exact) mass is 772 g/mol. The molecule has 0 spiro atoms. The second-order valence-corrected chi connectivity index (χ2v) is 17.5. The molecule has 2 saturated carbocycles. The van der Waals surface area contributed by atoms with Crippen LogP contribution in [0.4, 0.5) is 0 Å².